The van der Waals surface area contributed by atoms with Gasteiger partial charge in [0.15, 0.2) is 0 Å². The number of carbonyl (C=O) groups excluding carboxylic acids is 1. The van der Waals surface area contributed by atoms with Crippen molar-refractivity contribution < 1.29 is 18.0 Å². The van der Waals surface area contributed by atoms with Crippen molar-refractivity contribution in [3.05, 3.63) is 77.5 Å². The molecular formula is C24H25F3N4O. The van der Waals surface area contributed by atoms with Crippen LogP contribution >= 0.6 is 0 Å². The maximum Gasteiger partial charge on any atom is 0.417 e. The fourth-order valence-electron chi connectivity index (χ4n) is 4.19. The number of carbonyl (C=O) groups is 1. The molecule has 1 fully saturated rings. The lowest BCUT2D eigenvalue weighted by atomic mass is 10.00. The Morgan fingerprint density at radius 3 is 2.44 bits per heavy atom. The minimum atomic E-state index is -4.55. The van der Waals surface area contributed by atoms with E-state index in [1.165, 1.54) is 23.1 Å². The molecule has 0 unspecified atom stereocenters. The molecule has 2 heterocycles. The minimum Gasteiger partial charge on any atom is -0.339 e. The molecular weight excluding hydrogens is 417 g/mol. The zero-order valence-electron chi connectivity index (χ0n) is 17.8. The standard InChI is InChI=1S/C24H25F3N4O/c1-30-22(10-13-29-30)19-7-3-2-6-17(19)16-28-18-11-14-31(15-12-18)23(32)20-8-4-5-9-21(20)24(25,26)27/h2-10,13,18,28H,11-12,14-16H2,1H3. The summed E-state index contributed by atoms with van der Waals surface area (Å²) in [7, 11) is 1.91. The van der Waals surface area contributed by atoms with E-state index in [-0.39, 0.29) is 11.6 Å². The number of hydrogen-bond acceptors (Lipinski definition) is 3. The lowest BCUT2D eigenvalue weighted by Crippen LogP contribution is -2.45. The van der Waals surface area contributed by atoms with E-state index < -0.39 is 17.6 Å². The highest BCUT2D eigenvalue weighted by atomic mass is 19.4. The van der Waals surface area contributed by atoms with Crippen LogP contribution in [-0.4, -0.2) is 39.7 Å². The first kappa shape index (κ1) is 22.1. The molecule has 1 amide bonds. The maximum atomic E-state index is 13.3. The van der Waals surface area contributed by atoms with E-state index in [1.807, 2.05) is 29.9 Å². The highest BCUT2D eigenvalue weighted by Gasteiger charge is 2.36. The number of hydrogen-bond donors (Lipinski definition) is 1. The fraction of sp³-hybridized carbons (Fsp3) is 0.333. The van der Waals surface area contributed by atoms with Crippen molar-refractivity contribution in [2.45, 2.75) is 31.6 Å². The Balaban J connectivity index is 1.37. The van der Waals surface area contributed by atoms with E-state index in [1.54, 1.807) is 6.20 Å². The van der Waals surface area contributed by atoms with E-state index in [0.717, 1.165) is 22.9 Å². The molecule has 8 heteroatoms. The van der Waals surface area contributed by atoms with Gasteiger partial charge in [-0.2, -0.15) is 18.3 Å². The summed E-state index contributed by atoms with van der Waals surface area (Å²) in [5.74, 6) is -0.557. The van der Waals surface area contributed by atoms with Crippen LogP contribution in [0.1, 0.15) is 34.3 Å². The van der Waals surface area contributed by atoms with Crippen molar-refractivity contribution in [3.8, 4) is 11.3 Å². The normalized spacial score (nSPS) is 15.2. The predicted octanol–water partition coefficient (Wildman–Crippen LogP) is 4.50. The molecule has 3 aromatic rings. The molecule has 1 aliphatic heterocycles. The van der Waals surface area contributed by atoms with Gasteiger partial charge in [0.05, 0.1) is 16.8 Å². The number of amides is 1. The van der Waals surface area contributed by atoms with Crippen molar-refractivity contribution in [2.75, 3.05) is 13.1 Å². The summed E-state index contributed by atoms with van der Waals surface area (Å²) in [6, 6.07) is 15.3. The van der Waals surface area contributed by atoms with E-state index in [9.17, 15) is 18.0 Å². The summed E-state index contributed by atoms with van der Waals surface area (Å²) in [5, 5.41) is 7.79. The number of nitrogens with zero attached hydrogens (tertiary/aromatic N) is 3. The highest BCUT2D eigenvalue weighted by Crippen LogP contribution is 2.32. The second-order valence-electron chi connectivity index (χ2n) is 7.99. The zero-order chi connectivity index (χ0) is 22.7. The topological polar surface area (TPSA) is 50.2 Å². The molecule has 1 N–H and O–H groups in total. The van der Waals surface area contributed by atoms with Crippen molar-refractivity contribution >= 4 is 5.91 Å². The number of aryl methyl sites for hydroxylation is 1. The monoisotopic (exact) mass is 442 g/mol. The number of alkyl halides is 3. The van der Waals surface area contributed by atoms with Crippen LogP contribution in [0.2, 0.25) is 0 Å². The van der Waals surface area contributed by atoms with Crippen LogP contribution in [-0.2, 0) is 19.8 Å². The number of benzene rings is 2. The summed E-state index contributed by atoms with van der Waals surface area (Å²) in [6.07, 6.45) is -1.40. The molecule has 0 aliphatic carbocycles. The fourth-order valence-corrected chi connectivity index (χ4v) is 4.19. The van der Waals surface area contributed by atoms with Gasteiger partial charge in [-0.15, -0.1) is 0 Å². The Kier molecular flexibility index (Phi) is 6.32. The number of aromatic nitrogens is 2. The van der Waals surface area contributed by atoms with Gasteiger partial charge in [-0.05, 0) is 36.6 Å². The van der Waals surface area contributed by atoms with Gasteiger partial charge in [-0.25, -0.2) is 0 Å². The van der Waals surface area contributed by atoms with Crippen LogP contribution in [0.15, 0.2) is 60.8 Å². The molecule has 4 rings (SSSR count). The second kappa shape index (κ2) is 9.16. The molecule has 2 aromatic carbocycles. The van der Waals surface area contributed by atoms with Crippen molar-refractivity contribution in [1.82, 2.24) is 20.0 Å². The number of halogens is 3. The first-order valence-corrected chi connectivity index (χ1v) is 10.6. The molecule has 168 valence electrons. The first-order chi connectivity index (χ1) is 15.3. The van der Waals surface area contributed by atoms with Gasteiger partial charge in [0.1, 0.15) is 0 Å². The molecule has 0 spiro atoms. The van der Waals surface area contributed by atoms with E-state index in [4.69, 9.17) is 0 Å². The average molecular weight is 442 g/mol. The number of likely N-dealkylation sites (tertiary alicyclic amines) is 1. The summed E-state index contributed by atoms with van der Waals surface area (Å²) >= 11 is 0. The first-order valence-electron chi connectivity index (χ1n) is 10.6. The summed E-state index contributed by atoms with van der Waals surface area (Å²) < 4.78 is 41.7. The third-order valence-electron chi connectivity index (χ3n) is 5.94. The molecule has 1 aliphatic rings. The van der Waals surface area contributed by atoms with E-state index in [2.05, 4.69) is 22.5 Å². The minimum absolute atomic E-state index is 0.191. The molecule has 5 nitrogen and oxygen atoms in total. The number of rotatable bonds is 5. The van der Waals surface area contributed by atoms with Crippen LogP contribution in [0.3, 0.4) is 0 Å². The van der Waals surface area contributed by atoms with Crippen LogP contribution in [0, 0.1) is 0 Å². The summed E-state index contributed by atoms with van der Waals surface area (Å²) in [4.78, 5) is 14.3. The van der Waals surface area contributed by atoms with Gasteiger partial charge in [0.25, 0.3) is 5.91 Å². The Hall–Kier alpha value is -3.13. The third-order valence-corrected chi connectivity index (χ3v) is 5.94. The molecule has 1 aromatic heterocycles. The van der Waals surface area contributed by atoms with Crippen molar-refractivity contribution in [2.24, 2.45) is 7.05 Å². The zero-order valence-corrected chi connectivity index (χ0v) is 17.8. The van der Waals surface area contributed by atoms with Gasteiger partial charge in [0, 0.05) is 44.5 Å². The van der Waals surface area contributed by atoms with Crippen LogP contribution < -0.4 is 5.32 Å². The van der Waals surface area contributed by atoms with Gasteiger partial charge >= 0.3 is 6.18 Å². The molecule has 0 saturated carbocycles. The third kappa shape index (κ3) is 4.70. The SMILES string of the molecule is Cn1nccc1-c1ccccc1CNC1CCN(C(=O)c2ccccc2C(F)(F)F)CC1. The van der Waals surface area contributed by atoms with Crippen molar-refractivity contribution in [3.63, 3.8) is 0 Å². The van der Waals surface area contributed by atoms with E-state index in [0.29, 0.717) is 32.5 Å². The van der Waals surface area contributed by atoms with Gasteiger partial charge in [-0.3, -0.25) is 9.48 Å². The number of nitrogens with one attached hydrogen (secondary N) is 1. The van der Waals surface area contributed by atoms with Crippen LogP contribution in [0.5, 0.6) is 0 Å². The molecule has 0 atom stereocenters. The Bertz CT molecular complexity index is 1080. The largest absolute Gasteiger partial charge is 0.417 e. The molecule has 32 heavy (non-hydrogen) atoms. The lowest BCUT2D eigenvalue weighted by molar-refractivity contribution is -0.138. The predicted molar refractivity (Wildman–Crippen MR) is 116 cm³/mol. The van der Waals surface area contributed by atoms with Crippen LogP contribution in [0.4, 0.5) is 13.2 Å². The summed E-state index contributed by atoms with van der Waals surface area (Å²) in [6.45, 7) is 1.51. The highest BCUT2D eigenvalue weighted by molar-refractivity contribution is 5.96. The summed E-state index contributed by atoms with van der Waals surface area (Å²) in [5.41, 5.74) is 2.13. The Labute approximate surface area is 184 Å². The van der Waals surface area contributed by atoms with Gasteiger partial charge < -0.3 is 10.2 Å². The second-order valence-corrected chi connectivity index (χ2v) is 7.99. The molecule has 0 radical (unpaired) electrons. The van der Waals surface area contributed by atoms with Gasteiger partial charge in [-0.1, -0.05) is 36.4 Å². The van der Waals surface area contributed by atoms with Crippen LogP contribution in [0.25, 0.3) is 11.3 Å². The molecule has 1 saturated heterocycles. The van der Waals surface area contributed by atoms with E-state index >= 15 is 0 Å². The smallest absolute Gasteiger partial charge is 0.339 e. The van der Waals surface area contributed by atoms with Crippen molar-refractivity contribution in [1.29, 1.82) is 0 Å². The Morgan fingerprint density at radius 1 is 1.06 bits per heavy atom. The molecule has 0 bridgehead atoms. The maximum absolute atomic E-state index is 13.3. The lowest BCUT2D eigenvalue weighted by Gasteiger charge is -2.33. The average Bonchev–Trinajstić information content (AvgIpc) is 3.23. The van der Waals surface area contributed by atoms with Gasteiger partial charge in [0.2, 0.25) is 0 Å². The Morgan fingerprint density at radius 2 is 1.75 bits per heavy atom. The quantitative estimate of drug-likeness (QED) is 0.633. The number of piperidine rings is 1.